The van der Waals surface area contributed by atoms with Crippen LogP contribution in [0, 0.1) is 5.82 Å². The van der Waals surface area contributed by atoms with E-state index in [0.717, 1.165) is 0 Å². The van der Waals surface area contributed by atoms with E-state index in [-0.39, 0.29) is 36.8 Å². The third kappa shape index (κ3) is 3.79. The van der Waals surface area contributed by atoms with E-state index in [1.165, 1.54) is 29.6 Å². The van der Waals surface area contributed by atoms with Crippen molar-refractivity contribution in [3.05, 3.63) is 53.4 Å². The number of fused-ring (bicyclic) bond motifs is 1. The summed E-state index contributed by atoms with van der Waals surface area (Å²) in [7, 11) is 0. The second-order valence-corrected chi connectivity index (χ2v) is 8.22. The van der Waals surface area contributed by atoms with E-state index in [0.29, 0.717) is 43.1 Å². The van der Waals surface area contributed by atoms with Gasteiger partial charge in [0.25, 0.3) is 11.8 Å². The Morgan fingerprint density at radius 2 is 1.91 bits per heavy atom. The average molecular weight is 452 g/mol. The van der Waals surface area contributed by atoms with Crippen LogP contribution in [0.25, 0.3) is 0 Å². The van der Waals surface area contributed by atoms with Gasteiger partial charge in [-0.3, -0.25) is 24.5 Å². The molecule has 0 spiro atoms. The molecule has 170 valence electrons. The van der Waals surface area contributed by atoms with Crippen LogP contribution in [-0.4, -0.2) is 75.6 Å². The smallest absolute Gasteiger partial charge is 0.272 e. The van der Waals surface area contributed by atoms with E-state index in [9.17, 15) is 23.6 Å². The van der Waals surface area contributed by atoms with Gasteiger partial charge < -0.3 is 14.7 Å². The van der Waals surface area contributed by atoms with E-state index in [1.807, 2.05) is 4.90 Å². The maximum Gasteiger partial charge on any atom is 0.272 e. The minimum atomic E-state index is -0.763. The van der Waals surface area contributed by atoms with Gasteiger partial charge in [-0.1, -0.05) is 0 Å². The molecule has 10 nitrogen and oxygen atoms in total. The maximum atomic E-state index is 14.5. The van der Waals surface area contributed by atoms with E-state index >= 15 is 0 Å². The number of anilines is 1. The van der Waals surface area contributed by atoms with Crippen molar-refractivity contribution >= 4 is 29.3 Å². The Bertz CT molecular complexity index is 1150. The lowest BCUT2D eigenvalue weighted by Crippen LogP contribution is -2.52. The summed E-state index contributed by atoms with van der Waals surface area (Å²) in [5.74, 6) is -2.02. The van der Waals surface area contributed by atoms with Gasteiger partial charge in [0.1, 0.15) is 23.9 Å². The van der Waals surface area contributed by atoms with Gasteiger partial charge in [-0.2, -0.15) is 0 Å². The highest BCUT2D eigenvalue weighted by Gasteiger charge is 2.41. The highest BCUT2D eigenvalue weighted by molar-refractivity contribution is 6.06. The Hall–Kier alpha value is -3.89. The number of carbonyl (C=O) groups excluding carboxylic acids is 4. The summed E-state index contributed by atoms with van der Waals surface area (Å²) in [6.07, 6.45) is 3.23. The monoisotopic (exact) mass is 452 g/mol. The summed E-state index contributed by atoms with van der Waals surface area (Å²) in [6.45, 7) is 1.91. The van der Waals surface area contributed by atoms with Crippen molar-refractivity contribution in [3.63, 3.8) is 0 Å². The first-order valence-corrected chi connectivity index (χ1v) is 10.7. The minimum absolute atomic E-state index is 0.153. The zero-order valence-corrected chi connectivity index (χ0v) is 17.7. The van der Waals surface area contributed by atoms with Crippen LogP contribution in [0.4, 0.5) is 10.1 Å². The van der Waals surface area contributed by atoms with E-state index in [4.69, 9.17) is 0 Å². The summed E-state index contributed by atoms with van der Waals surface area (Å²) < 4.78 is 14.5. The Labute approximate surface area is 188 Å². The van der Waals surface area contributed by atoms with Crippen molar-refractivity contribution in [2.45, 2.75) is 25.4 Å². The number of nitrogens with zero attached hydrogens (tertiary/aromatic N) is 5. The lowest BCUT2D eigenvalue weighted by molar-refractivity contribution is -0.136. The average Bonchev–Trinajstić information content (AvgIpc) is 3.15. The van der Waals surface area contributed by atoms with Gasteiger partial charge in [0.05, 0.1) is 0 Å². The van der Waals surface area contributed by atoms with E-state index in [2.05, 4.69) is 15.3 Å². The van der Waals surface area contributed by atoms with Crippen molar-refractivity contribution in [1.82, 2.24) is 25.1 Å². The molecule has 4 heterocycles. The predicted octanol–water partition coefficient (Wildman–Crippen LogP) is 0.339. The molecule has 4 amide bonds. The van der Waals surface area contributed by atoms with Crippen molar-refractivity contribution in [2.75, 3.05) is 31.1 Å². The molecule has 2 saturated heterocycles. The second kappa shape index (κ2) is 8.23. The van der Waals surface area contributed by atoms with Gasteiger partial charge in [-0.15, -0.1) is 0 Å². The number of nitrogens with one attached hydrogen (secondary N) is 1. The lowest BCUT2D eigenvalue weighted by atomic mass is 10.0. The molecule has 1 aromatic carbocycles. The van der Waals surface area contributed by atoms with Crippen molar-refractivity contribution in [3.8, 4) is 0 Å². The first kappa shape index (κ1) is 21.0. The quantitative estimate of drug-likeness (QED) is 0.668. The molecule has 3 aliphatic heterocycles. The fraction of sp³-hybridized carbons (Fsp3) is 0.364. The Morgan fingerprint density at radius 1 is 1.12 bits per heavy atom. The van der Waals surface area contributed by atoms with Crippen LogP contribution in [0.3, 0.4) is 0 Å². The van der Waals surface area contributed by atoms with Gasteiger partial charge in [-0.25, -0.2) is 14.4 Å². The van der Waals surface area contributed by atoms with Crippen LogP contribution in [0.5, 0.6) is 0 Å². The van der Waals surface area contributed by atoms with Crippen LogP contribution >= 0.6 is 0 Å². The first-order chi connectivity index (χ1) is 15.9. The summed E-state index contributed by atoms with van der Waals surface area (Å²) in [5.41, 5.74) is 1.79. The summed E-state index contributed by atoms with van der Waals surface area (Å²) in [4.78, 5) is 62.3. The number of benzene rings is 1. The molecular weight excluding hydrogens is 431 g/mol. The van der Waals surface area contributed by atoms with Gasteiger partial charge in [-0.05, 0) is 24.6 Å². The zero-order chi connectivity index (χ0) is 23.1. The summed E-state index contributed by atoms with van der Waals surface area (Å²) >= 11 is 0. The van der Waals surface area contributed by atoms with Crippen LogP contribution in [0.15, 0.2) is 30.7 Å². The first-order valence-electron chi connectivity index (χ1n) is 10.7. The number of hydrogen-bond acceptors (Lipinski definition) is 7. The molecule has 2 aromatic rings. The van der Waals surface area contributed by atoms with Crippen molar-refractivity contribution in [1.29, 1.82) is 0 Å². The molecular formula is C22H21FN6O4. The normalized spacial score (nSPS) is 20.7. The van der Waals surface area contributed by atoms with E-state index < -0.39 is 23.7 Å². The van der Waals surface area contributed by atoms with Crippen LogP contribution < -0.4 is 10.2 Å². The SMILES string of the molecule is O=C1CCC(N2Cc3c(cc(F)cc3N3CCN(C(=O)c4ccncn4)CC3)C2=O)C(=O)N1. The molecule has 0 saturated carbocycles. The van der Waals surface area contributed by atoms with Crippen molar-refractivity contribution < 1.29 is 23.6 Å². The predicted molar refractivity (Wildman–Crippen MR) is 113 cm³/mol. The number of amides is 4. The highest BCUT2D eigenvalue weighted by atomic mass is 19.1. The largest absolute Gasteiger partial charge is 0.368 e. The maximum absolute atomic E-state index is 14.5. The van der Waals surface area contributed by atoms with Gasteiger partial charge in [0.2, 0.25) is 11.8 Å². The van der Waals surface area contributed by atoms with Crippen LogP contribution in [0.1, 0.15) is 39.3 Å². The number of piperidine rings is 1. The number of piperazine rings is 1. The number of aromatic nitrogens is 2. The minimum Gasteiger partial charge on any atom is -0.368 e. The third-order valence-electron chi connectivity index (χ3n) is 6.31. The molecule has 11 heteroatoms. The molecule has 1 N–H and O–H groups in total. The fourth-order valence-corrected chi connectivity index (χ4v) is 4.62. The Morgan fingerprint density at radius 3 is 2.61 bits per heavy atom. The molecule has 1 atom stereocenters. The van der Waals surface area contributed by atoms with Crippen LogP contribution in [-0.2, 0) is 16.1 Å². The lowest BCUT2D eigenvalue weighted by Gasteiger charge is -2.37. The van der Waals surface area contributed by atoms with E-state index in [1.54, 1.807) is 11.0 Å². The molecule has 33 heavy (non-hydrogen) atoms. The Kier molecular flexibility index (Phi) is 5.23. The van der Waals surface area contributed by atoms with Crippen molar-refractivity contribution in [2.24, 2.45) is 0 Å². The zero-order valence-electron chi connectivity index (χ0n) is 17.7. The summed E-state index contributed by atoms with van der Waals surface area (Å²) in [5, 5.41) is 2.27. The number of carbonyl (C=O) groups is 4. The summed E-state index contributed by atoms with van der Waals surface area (Å²) in [6, 6.07) is 3.38. The second-order valence-electron chi connectivity index (χ2n) is 8.22. The van der Waals surface area contributed by atoms with Gasteiger partial charge >= 0.3 is 0 Å². The molecule has 2 fully saturated rings. The molecule has 0 radical (unpaired) electrons. The Balaban J connectivity index is 1.34. The molecule has 3 aliphatic rings. The molecule has 5 rings (SSSR count). The number of hydrogen-bond donors (Lipinski definition) is 1. The van der Waals surface area contributed by atoms with Crippen LogP contribution in [0.2, 0.25) is 0 Å². The number of imide groups is 1. The molecule has 0 bridgehead atoms. The topological polar surface area (TPSA) is 116 Å². The molecule has 1 aromatic heterocycles. The number of rotatable bonds is 3. The number of halogens is 1. The standard InChI is InChI=1S/C22H21FN6O4/c23-13-9-14-15(11-29(21(14)32)17-1-2-19(30)26-20(17)31)18(10-13)27-5-7-28(8-6-27)22(33)16-3-4-24-12-25-16/h3-4,9-10,12,17H,1-2,5-8,11H2,(H,26,30,31). The highest BCUT2D eigenvalue weighted by Crippen LogP contribution is 2.35. The fourth-order valence-electron chi connectivity index (χ4n) is 4.62. The molecule has 0 aliphatic carbocycles. The van der Waals surface area contributed by atoms with Gasteiger partial charge in [0.15, 0.2) is 0 Å². The van der Waals surface area contributed by atoms with Gasteiger partial charge in [0, 0.05) is 62.2 Å². The molecule has 1 unspecified atom stereocenters. The third-order valence-corrected chi connectivity index (χ3v) is 6.31.